The largest absolute Gasteiger partial charge is 0.347 e. The van der Waals surface area contributed by atoms with E-state index in [-0.39, 0.29) is 5.91 Å². The number of nitrogens with zero attached hydrogens (tertiary/aromatic N) is 1. The number of hydrogen-bond acceptors (Lipinski definition) is 4. The van der Waals surface area contributed by atoms with Crippen molar-refractivity contribution in [2.75, 3.05) is 26.3 Å². The highest BCUT2D eigenvalue weighted by molar-refractivity contribution is 5.85. The molecule has 0 bridgehead atoms. The fourth-order valence-corrected chi connectivity index (χ4v) is 2.24. The molecule has 0 aromatic rings. The predicted octanol–water partition coefficient (Wildman–Crippen LogP) is 0.0892. The summed E-state index contributed by atoms with van der Waals surface area (Å²) in [6.45, 7) is 6.14. The van der Waals surface area contributed by atoms with Gasteiger partial charge in [0.1, 0.15) is 0 Å². The smallest absolute Gasteiger partial charge is 0.242 e. The van der Waals surface area contributed by atoms with E-state index in [4.69, 9.17) is 15.2 Å². The molecule has 0 aromatic heterocycles. The highest BCUT2D eigenvalue weighted by Crippen LogP contribution is 2.31. The van der Waals surface area contributed by atoms with Crippen LogP contribution in [0.3, 0.4) is 0 Å². The van der Waals surface area contributed by atoms with Crippen LogP contribution < -0.4 is 5.73 Å². The molecule has 2 saturated heterocycles. The minimum Gasteiger partial charge on any atom is -0.347 e. The number of carbonyl (C=O) groups is 1. The van der Waals surface area contributed by atoms with Gasteiger partial charge in [0.25, 0.3) is 0 Å². The molecule has 2 heterocycles. The van der Waals surface area contributed by atoms with Crippen LogP contribution in [-0.4, -0.2) is 48.4 Å². The summed E-state index contributed by atoms with van der Waals surface area (Å²) in [4.78, 5) is 13.7. The topological polar surface area (TPSA) is 64.8 Å². The average molecular weight is 228 g/mol. The Kier molecular flexibility index (Phi) is 2.94. The minimum atomic E-state index is -0.790. The van der Waals surface area contributed by atoms with Gasteiger partial charge in [0.15, 0.2) is 5.79 Å². The van der Waals surface area contributed by atoms with E-state index in [2.05, 4.69) is 0 Å². The Morgan fingerprint density at radius 3 is 2.19 bits per heavy atom. The van der Waals surface area contributed by atoms with Crippen LogP contribution in [0.2, 0.25) is 0 Å². The Morgan fingerprint density at radius 1 is 1.25 bits per heavy atom. The maximum absolute atomic E-state index is 11.9. The summed E-state index contributed by atoms with van der Waals surface area (Å²) in [6.07, 6.45) is 1.49. The van der Waals surface area contributed by atoms with Crippen molar-refractivity contribution in [3.05, 3.63) is 0 Å². The molecule has 1 spiro atoms. The van der Waals surface area contributed by atoms with Crippen molar-refractivity contribution in [1.29, 1.82) is 0 Å². The fourth-order valence-electron chi connectivity index (χ4n) is 2.24. The lowest BCUT2D eigenvalue weighted by Gasteiger charge is -2.39. The second-order valence-electron chi connectivity index (χ2n) is 5.12. The quantitative estimate of drug-likeness (QED) is 0.691. The zero-order valence-corrected chi connectivity index (χ0v) is 9.99. The molecule has 92 valence electrons. The number of amides is 1. The number of nitrogens with two attached hydrogens (primary N) is 1. The van der Waals surface area contributed by atoms with E-state index < -0.39 is 11.3 Å². The van der Waals surface area contributed by atoms with Crippen LogP contribution in [0.25, 0.3) is 0 Å². The maximum Gasteiger partial charge on any atom is 0.242 e. The van der Waals surface area contributed by atoms with Gasteiger partial charge in [-0.1, -0.05) is 0 Å². The van der Waals surface area contributed by atoms with Crippen molar-refractivity contribution in [2.45, 2.75) is 38.0 Å². The summed E-state index contributed by atoms with van der Waals surface area (Å²) < 4.78 is 11.2. The molecule has 2 N–H and O–H groups in total. The molecule has 0 atom stereocenters. The first-order valence-corrected chi connectivity index (χ1v) is 5.79. The Balaban J connectivity index is 1.92. The highest BCUT2D eigenvalue weighted by Gasteiger charge is 2.42. The molecule has 2 rings (SSSR count). The number of likely N-dealkylation sites (tertiary alicyclic amines) is 1. The Bertz CT molecular complexity index is 269. The van der Waals surface area contributed by atoms with Gasteiger partial charge in [-0.15, -0.1) is 0 Å². The van der Waals surface area contributed by atoms with Crippen LogP contribution in [-0.2, 0) is 14.3 Å². The molecule has 16 heavy (non-hydrogen) atoms. The summed E-state index contributed by atoms with van der Waals surface area (Å²) in [6, 6.07) is 0. The van der Waals surface area contributed by atoms with Crippen LogP contribution in [0.5, 0.6) is 0 Å². The van der Waals surface area contributed by atoms with Crippen molar-refractivity contribution < 1.29 is 14.3 Å². The van der Waals surface area contributed by atoms with Gasteiger partial charge in [-0.05, 0) is 13.8 Å². The van der Waals surface area contributed by atoms with Crippen molar-refractivity contribution in [2.24, 2.45) is 5.73 Å². The van der Waals surface area contributed by atoms with Gasteiger partial charge in [0.2, 0.25) is 5.91 Å². The van der Waals surface area contributed by atoms with Crippen LogP contribution >= 0.6 is 0 Å². The molecule has 0 unspecified atom stereocenters. The first-order valence-electron chi connectivity index (χ1n) is 5.79. The normalized spacial score (nSPS) is 25.1. The lowest BCUT2D eigenvalue weighted by Crippen LogP contribution is -2.55. The second kappa shape index (κ2) is 3.98. The predicted molar refractivity (Wildman–Crippen MR) is 58.7 cm³/mol. The first kappa shape index (κ1) is 11.8. The monoisotopic (exact) mass is 228 g/mol. The Hall–Kier alpha value is -0.650. The summed E-state index contributed by atoms with van der Waals surface area (Å²) in [5, 5.41) is 0. The van der Waals surface area contributed by atoms with E-state index in [0.29, 0.717) is 26.3 Å². The molecule has 1 amide bonds. The van der Waals surface area contributed by atoms with Crippen LogP contribution in [0.1, 0.15) is 26.7 Å². The average Bonchev–Trinajstić information content (AvgIpc) is 2.66. The standard InChI is InChI=1S/C11H20N2O3/c1-10(2,12)9(14)13-5-3-11(4-6-13)15-7-8-16-11/h3-8,12H2,1-2H3. The Labute approximate surface area is 95.9 Å². The van der Waals surface area contributed by atoms with Gasteiger partial charge in [-0.3, -0.25) is 4.79 Å². The molecule has 2 aliphatic rings. The lowest BCUT2D eigenvalue weighted by atomic mass is 9.99. The molecule has 0 aromatic carbocycles. The number of carbonyl (C=O) groups excluding carboxylic acids is 1. The van der Waals surface area contributed by atoms with E-state index in [0.717, 1.165) is 12.8 Å². The van der Waals surface area contributed by atoms with Gasteiger partial charge in [0.05, 0.1) is 18.8 Å². The van der Waals surface area contributed by atoms with Gasteiger partial charge < -0.3 is 20.1 Å². The van der Waals surface area contributed by atoms with E-state index in [1.807, 2.05) is 0 Å². The van der Waals surface area contributed by atoms with Gasteiger partial charge in [-0.25, -0.2) is 0 Å². The zero-order valence-electron chi connectivity index (χ0n) is 9.99. The second-order valence-corrected chi connectivity index (χ2v) is 5.12. The van der Waals surface area contributed by atoms with Crippen molar-refractivity contribution in [1.82, 2.24) is 4.90 Å². The van der Waals surface area contributed by atoms with Crippen LogP contribution in [0.4, 0.5) is 0 Å². The third kappa shape index (κ3) is 2.21. The van der Waals surface area contributed by atoms with E-state index in [9.17, 15) is 4.79 Å². The molecular formula is C11H20N2O3. The zero-order chi connectivity index (χ0) is 11.8. The number of hydrogen-bond donors (Lipinski definition) is 1. The van der Waals surface area contributed by atoms with E-state index in [1.54, 1.807) is 18.7 Å². The van der Waals surface area contributed by atoms with E-state index >= 15 is 0 Å². The minimum absolute atomic E-state index is 0.000321. The highest BCUT2D eigenvalue weighted by atomic mass is 16.7. The summed E-state index contributed by atoms with van der Waals surface area (Å²) in [5.41, 5.74) is 5.01. The molecule has 0 aliphatic carbocycles. The SMILES string of the molecule is CC(C)(N)C(=O)N1CCC2(CC1)OCCO2. The maximum atomic E-state index is 11.9. The summed E-state index contributed by atoms with van der Waals surface area (Å²) in [7, 11) is 0. The molecular weight excluding hydrogens is 208 g/mol. The molecule has 0 saturated carbocycles. The van der Waals surface area contributed by atoms with Gasteiger partial charge >= 0.3 is 0 Å². The number of rotatable bonds is 1. The third-order valence-electron chi connectivity index (χ3n) is 3.18. The van der Waals surface area contributed by atoms with Crippen LogP contribution in [0, 0.1) is 0 Å². The molecule has 0 radical (unpaired) electrons. The summed E-state index contributed by atoms with van der Waals surface area (Å²) in [5.74, 6) is -0.421. The summed E-state index contributed by atoms with van der Waals surface area (Å²) >= 11 is 0. The fraction of sp³-hybridized carbons (Fsp3) is 0.909. The van der Waals surface area contributed by atoms with Crippen LogP contribution in [0.15, 0.2) is 0 Å². The number of piperidine rings is 1. The number of ether oxygens (including phenoxy) is 2. The third-order valence-corrected chi connectivity index (χ3v) is 3.18. The molecule has 5 nitrogen and oxygen atoms in total. The molecule has 5 heteroatoms. The van der Waals surface area contributed by atoms with Crippen molar-refractivity contribution >= 4 is 5.91 Å². The molecule has 2 fully saturated rings. The lowest BCUT2D eigenvalue weighted by molar-refractivity contribution is -0.188. The van der Waals surface area contributed by atoms with Crippen molar-refractivity contribution in [3.8, 4) is 0 Å². The van der Waals surface area contributed by atoms with Gasteiger partial charge in [-0.2, -0.15) is 0 Å². The Morgan fingerprint density at radius 2 is 1.75 bits per heavy atom. The molecule has 2 aliphatic heterocycles. The van der Waals surface area contributed by atoms with Gasteiger partial charge in [0, 0.05) is 25.9 Å². The van der Waals surface area contributed by atoms with Crippen molar-refractivity contribution in [3.63, 3.8) is 0 Å². The first-order chi connectivity index (χ1) is 7.43. The van der Waals surface area contributed by atoms with E-state index in [1.165, 1.54) is 0 Å².